The standard InChI is InChI=1S/C34H30Cl2N4O/c35-29-18-30(36)33-31(19-29)38-32(39-33)22-41-34(27-13-15-40(16-14-27)21-23-5-2-1-3-6-23)26-11-9-25(10-12-26)28-8-4-7-24(17-28)20-37/h1-12,17-19,27,34H,13-16,21-22H2,(H,38,39). The molecule has 1 N–H and O–H groups in total. The molecule has 1 saturated heterocycles. The zero-order valence-corrected chi connectivity index (χ0v) is 24.1. The van der Waals surface area contributed by atoms with Gasteiger partial charge in [-0.05, 0) is 78.4 Å². The van der Waals surface area contributed by atoms with Gasteiger partial charge in [0.2, 0.25) is 0 Å². The van der Waals surface area contributed by atoms with Gasteiger partial charge in [-0.15, -0.1) is 0 Å². The molecule has 2 heterocycles. The Morgan fingerprint density at radius 3 is 2.46 bits per heavy atom. The second-order valence-corrected chi connectivity index (χ2v) is 11.5. The monoisotopic (exact) mass is 580 g/mol. The summed E-state index contributed by atoms with van der Waals surface area (Å²) in [6, 6.07) is 32.7. The van der Waals surface area contributed by atoms with Gasteiger partial charge in [-0.25, -0.2) is 4.98 Å². The number of halogens is 2. The van der Waals surface area contributed by atoms with Crippen LogP contribution < -0.4 is 0 Å². The van der Waals surface area contributed by atoms with Crippen molar-refractivity contribution in [1.82, 2.24) is 14.9 Å². The highest BCUT2D eigenvalue weighted by Crippen LogP contribution is 2.36. The lowest BCUT2D eigenvalue weighted by molar-refractivity contribution is -0.0243. The SMILES string of the molecule is N#Cc1cccc(-c2ccc(C(OCc3nc4c(Cl)cc(Cl)cc4[nH]3)C3CCN(Cc4ccccc4)CC3)cc2)c1. The Morgan fingerprint density at radius 2 is 1.71 bits per heavy atom. The molecule has 4 aromatic carbocycles. The van der Waals surface area contributed by atoms with Crippen molar-refractivity contribution in [2.75, 3.05) is 13.1 Å². The van der Waals surface area contributed by atoms with Crippen molar-refractivity contribution >= 4 is 34.2 Å². The summed E-state index contributed by atoms with van der Waals surface area (Å²) in [7, 11) is 0. The van der Waals surface area contributed by atoms with Crippen molar-refractivity contribution < 1.29 is 4.74 Å². The maximum Gasteiger partial charge on any atom is 0.133 e. The number of imidazole rings is 1. The zero-order valence-electron chi connectivity index (χ0n) is 22.6. The van der Waals surface area contributed by atoms with E-state index in [1.54, 1.807) is 6.07 Å². The number of nitrogens with one attached hydrogen (secondary N) is 1. The first-order valence-electron chi connectivity index (χ1n) is 13.9. The van der Waals surface area contributed by atoms with E-state index in [4.69, 9.17) is 27.9 Å². The van der Waals surface area contributed by atoms with Crippen molar-refractivity contribution in [2.24, 2.45) is 5.92 Å². The van der Waals surface area contributed by atoms with Gasteiger partial charge in [0.1, 0.15) is 17.9 Å². The van der Waals surface area contributed by atoms with Crippen LogP contribution in [0.1, 0.15) is 41.5 Å². The van der Waals surface area contributed by atoms with Crippen molar-refractivity contribution in [3.8, 4) is 17.2 Å². The van der Waals surface area contributed by atoms with Crippen LogP contribution in [0.5, 0.6) is 0 Å². The first kappa shape index (κ1) is 27.5. The van der Waals surface area contributed by atoms with Crippen molar-refractivity contribution in [1.29, 1.82) is 5.26 Å². The van der Waals surface area contributed by atoms with E-state index < -0.39 is 0 Å². The summed E-state index contributed by atoms with van der Waals surface area (Å²) in [4.78, 5) is 10.5. The minimum absolute atomic E-state index is 0.0827. The maximum atomic E-state index is 9.31. The fourth-order valence-corrected chi connectivity index (χ4v) is 6.26. The number of aromatic amines is 1. The summed E-state index contributed by atoms with van der Waals surface area (Å²) in [5.74, 6) is 1.10. The van der Waals surface area contributed by atoms with E-state index in [1.807, 2.05) is 30.3 Å². The largest absolute Gasteiger partial charge is 0.365 e. The smallest absolute Gasteiger partial charge is 0.133 e. The van der Waals surface area contributed by atoms with Crippen LogP contribution in [0, 0.1) is 17.2 Å². The molecule has 1 aromatic heterocycles. The minimum atomic E-state index is -0.0827. The number of likely N-dealkylation sites (tertiary alicyclic amines) is 1. The predicted octanol–water partition coefficient (Wildman–Crippen LogP) is 8.58. The van der Waals surface area contributed by atoms with Gasteiger partial charge in [0, 0.05) is 11.6 Å². The molecule has 206 valence electrons. The van der Waals surface area contributed by atoms with Gasteiger partial charge in [-0.2, -0.15) is 5.26 Å². The normalized spacial score (nSPS) is 15.1. The maximum absolute atomic E-state index is 9.31. The molecule has 1 atom stereocenters. The van der Waals surface area contributed by atoms with Gasteiger partial charge in [-0.1, -0.05) is 89.9 Å². The number of benzene rings is 4. The zero-order chi connectivity index (χ0) is 28.2. The second-order valence-electron chi connectivity index (χ2n) is 10.6. The average Bonchev–Trinajstić information content (AvgIpc) is 3.42. The lowest BCUT2D eigenvalue weighted by Gasteiger charge is -2.36. The fraction of sp³-hybridized carbons (Fsp3) is 0.235. The van der Waals surface area contributed by atoms with Crippen LogP contribution in [-0.2, 0) is 17.9 Å². The first-order valence-corrected chi connectivity index (χ1v) is 14.6. The molecule has 0 amide bonds. The molecule has 1 aliphatic rings. The van der Waals surface area contributed by atoms with E-state index >= 15 is 0 Å². The van der Waals surface area contributed by atoms with Crippen LogP contribution in [0.25, 0.3) is 22.2 Å². The average molecular weight is 582 g/mol. The number of H-pyrrole nitrogens is 1. The number of rotatable bonds is 8. The first-order chi connectivity index (χ1) is 20.1. The molecule has 1 unspecified atom stereocenters. The van der Waals surface area contributed by atoms with E-state index in [0.717, 1.165) is 60.5 Å². The Labute approximate surface area is 250 Å². The third-order valence-corrected chi connectivity index (χ3v) is 8.33. The lowest BCUT2D eigenvalue weighted by Crippen LogP contribution is -2.35. The summed E-state index contributed by atoms with van der Waals surface area (Å²) in [5.41, 5.74) is 6.75. The highest BCUT2D eigenvalue weighted by molar-refractivity contribution is 6.38. The number of hydrogen-bond donors (Lipinski definition) is 1. The minimum Gasteiger partial charge on any atom is -0.365 e. The summed E-state index contributed by atoms with van der Waals surface area (Å²) in [5, 5.41) is 10.4. The molecule has 7 heteroatoms. The molecule has 0 saturated carbocycles. The van der Waals surface area contributed by atoms with Gasteiger partial charge in [-0.3, -0.25) is 4.90 Å². The molecule has 0 bridgehead atoms. The van der Waals surface area contributed by atoms with Crippen LogP contribution in [0.15, 0.2) is 91.0 Å². The predicted molar refractivity (Wildman–Crippen MR) is 165 cm³/mol. The Bertz CT molecular complexity index is 1670. The van der Waals surface area contributed by atoms with E-state index in [0.29, 0.717) is 33.7 Å². The third kappa shape index (κ3) is 6.48. The number of nitriles is 1. The molecule has 1 aliphatic heterocycles. The van der Waals surface area contributed by atoms with E-state index in [2.05, 4.69) is 75.5 Å². The topological polar surface area (TPSA) is 64.9 Å². The second kappa shape index (κ2) is 12.5. The molecule has 5 aromatic rings. The number of piperidine rings is 1. The Morgan fingerprint density at radius 1 is 0.927 bits per heavy atom. The van der Waals surface area contributed by atoms with Crippen LogP contribution in [0.3, 0.4) is 0 Å². The molecule has 0 aliphatic carbocycles. The summed E-state index contributed by atoms with van der Waals surface area (Å²) in [6.07, 6.45) is 2.01. The highest BCUT2D eigenvalue weighted by atomic mass is 35.5. The molecule has 0 spiro atoms. The Hall–Kier alpha value is -3.66. The third-order valence-electron chi connectivity index (χ3n) is 7.83. The molecule has 1 fully saturated rings. The van der Waals surface area contributed by atoms with Gasteiger partial charge in [0.15, 0.2) is 0 Å². The van der Waals surface area contributed by atoms with Crippen LogP contribution >= 0.6 is 23.2 Å². The number of hydrogen-bond acceptors (Lipinski definition) is 4. The van der Waals surface area contributed by atoms with Gasteiger partial charge in [0.05, 0.1) is 28.3 Å². The van der Waals surface area contributed by atoms with Crippen LogP contribution in [0.4, 0.5) is 0 Å². The fourth-order valence-electron chi connectivity index (χ4n) is 5.72. The quantitative estimate of drug-likeness (QED) is 0.199. The number of ether oxygens (including phenoxy) is 1. The van der Waals surface area contributed by atoms with Gasteiger partial charge in [0.25, 0.3) is 0 Å². The van der Waals surface area contributed by atoms with Gasteiger partial charge >= 0.3 is 0 Å². The number of fused-ring (bicyclic) bond motifs is 1. The molecule has 0 radical (unpaired) electrons. The number of nitrogens with zero attached hydrogens (tertiary/aromatic N) is 3. The van der Waals surface area contributed by atoms with Crippen molar-refractivity contribution in [3.63, 3.8) is 0 Å². The van der Waals surface area contributed by atoms with Gasteiger partial charge < -0.3 is 9.72 Å². The van der Waals surface area contributed by atoms with Crippen molar-refractivity contribution in [3.05, 3.63) is 124 Å². The molecule has 6 rings (SSSR count). The van der Waals surface area contributed by atoms with E-state index in [-0.39, 0.29) is 6.10 Å². The molecule has 41 heavy (non-hydrogen) atoms. The summed E-state index contributed by atoms with van der Waals surface area (Å²) >= 11 is 12.6. The van der Waals surface area contributed by atoms with Crippen molar-refractivity contribution in [2.45, 2.75) is 32.1 Å². The summed E-state index contributed by atoms with van der Waals surface area (Å²) < 4.78 is 6.66. The summed E-state index contributed by atoms with van der Waals surface area (Å²) in [6.45, 7) is 3.36. The van der Waals surface area contributed by atoms with E-state index in [1.165, 1.54) is 5.56 Å². The Kier molecular flexibility index (Phi) is 8.36. The molecular formula is C34H30Cl2N4O. The van der Waals surface area contributed by atoms with Crippen LogP contribution in [-0.4, -0.2) is 28.0 Å². The van der Waals surface area contributed by atoms with E-state index in [9.17, 15) is 5.26 Å². The molecule has 5 nitrogen and oxygen atoms in total. The highest BCUT2D eigenvalue weighted by Gasteiger charge is 2.29. The van der Waals surface area contributed by atoms with Crippen LogP contribution in [0.2, 0.25) is 10.0 Å². The lowest BCUT2D eigenvalue weighted by atomic mass is 9.86. The number of aromatic nitrogens is 2. The Balaban J connectivity index is 1.21. The molecular weight excluding hydrogens is 551 g/mol.